The quantitative estimate of drug-likeness (QED) is 0.584. The van der Waals surface area contributed by atoms with Gasteiger partial charge in [0, 0.05) is 12.1 Å². The van der Waals surface area contributed by atoms with Crippen molar-refractivity contribution in [1.29, 1.82) is 0 Å². The molecule has 3 nitrogen and oxygen atoms in total. The van der Waals surface area contributed by atoms with Crippen LogP contribution in [0.25, 0.3) is 0 Å². The third-order valence-electron chi connectivity index (χ3n) is 1.59. The molecular weight excluding hydrogens is 200 g/mol. The number of anilines is 1. The summed E-state index contributed by atoms with van der Waals surface area (Å²) >= 11 is 0. The highest BCUT2D eigenvalue weighted by molar-refractivity contribution is 5.92. The van der Waals surface area contributed by atoms with Crippen LogP contribution in [0, 0.1) is 11.6 Å². The van der Waals surface area contributed by atoms with E-state index in [0.29, 0.717) is 0 Å². The van der Waals surface area contributed by atoms with Gasteiger partial charge in [0.2, 0.25) is 0 Å². The molecule has 0 saturated carbocycles. The Balaban J connectivity index is 2.85. The Bertz CT molecular complexity index is 375. The van der Waals surface area contributed by atoms with E-state index in [1.807, 2.05) is 13.8 Å². The molecule has 0 bridgehead atoms. The summed E-state index contributed by atoms with van der Waals surface area (Å²) in [7, 11) is 0. The molecule has 0 saturated heterocycles. The standard InChI is InChI=1S/C10H13F2N3/c1-6(2)14-10(13)15-9-5-7(11)3-4-8(9)12/h3-6H,1-2H3,(H3,13,14,15). The Morgan fingerprint density at radius 2 is 2.07 bits per heavy atom. The Labute approximate surface area is 87.0 Å². The molecule has 5 heteroatoms. The number of nitrogens with one attached hydrogen (secondary N) is 1. The van der Waals surface area contributed by atoms with E-state index in [-0.39, 0.29) is 17.7 Å². The predicted molar refractivity (Wildman–Crippen MR) is 56.7 cm³/mol. The first-order valence-corrected chi connectivity index (χ1v) is 4.54. The largest absolute Gasteiger partial charge is 0.370 e. The van der Waals surface area contributed by atoms with Gasteiger partial charge in [-0.3, -0.25) is 4.99 Å². The summed E-state index contributed by atoms with van der Waals surface area (Å²) in [5.74, 6) is -1.04. The van der Waals surface area contributed by atoms with Crippen molar-refractivity contribution < 1.29 is 8.78 Å². The average molecular weight is 213 g/mol. The van der Waals surface area contributed by atoms with Gasteiger partial charge >= 0.3 is 0 Å². The fourth-order valence-electron chi connectivity index (χ4n) is 1.04. The molecule has 0 atom stereocenters. The molecule has 1 aromatic carbocycles. The van der Waals surface area contributed by atoms with Crippen LogP contribution in [0.2, 0.25) is 0 Å². The number of nitrogens with two attached hydrogens (primary N) is 1. The lowest BCUT2D eigenvalue weighted by atomic mass is 10.3. The molecule has 0 aromatic heterocycles. The smallest absolute Gasteiger partial charge is 0.193 e. The third kappa shape index (κ3) is 3.53. The van der Waals surface area contributed by atoms with E-state index >= 15 is 0 Å². The van der Waals surface area contributed by atoms with E-state index in [1.165, 1.54) is 0 Å². The van der Waals surface area contributed by atoms with Crippen molar-refractivity contribution in [1.82, 2.24) is 0 Å². The lowest BCUT2D eigenvalue weighted by Gasteiger charge is -2.07. The summed E-state index contributed by atoms with van der Waals surface area (Å²) < 4.78 is 25.9. The minimum Gasteiger partial charge on any atom is -0.370 e. The summed E-state index contributed by atoms with van der Waals surface area (Å²) in [6.07, 6.45) is 0. The molecule has 0 aliphatic rings. The summed E-state index contributed by atoms with van der Waals surface area (Å²) in [5.41, 5.74) is 5.46. The van der Waals surface area contributed by atoms with Gasteiger partial charge in [-0.1, -0.05) is 0 Å². The first kappa shape index (κ1) is 11.4. The molecule has 0 aliphatic carbocycles. The lowest BCUT2D eigenvalue weighted by Crippen LogP contribution is -2.24. The zero-order valence-electron chi connectivity index (χ0n) is 8.59. The highest BCUT2D eigenvalue weighted by atomic mass is 19.1. The molecule has 1 rings (SSSR count). The van der Waals surface area contributed by atoms with Gasteiger partial charge in [0.1, 0.15) is 11.6 Å². The molecule has 82 valence electrons. The molecule has 0 unspecified atom stereocenters. The molecule has 0 heterocycles. The van der Waals surface area contributed by atoms with Gasteiger partial charge in [-0.25, -0.2) is 8.78 Å². The van der Waals surface area contributed by atoms with Gasteiger partial charge < -0.3 is 11.1 Å². The molecule has 3 N–H and O–H groups in total. The summed E-state index contributed by atoms with van der Waals surface area (Å²) in [6.45, 7) is 3.66. The minimum absolute atomic E-state index is 0.00544. The van der Waals surface area contributed by atoms with Crippen LogP contribution in [0.15, 0.2) is 23.2 Å². The van der Waals surface area contributed by atoms with Crippen molar-refractivity contribution in [3.05, 3.63) is 29.8 Å². The second-order valence-electron chi connectivity index (χ2n) is 3.36. The second kappa shape index (κ2) is 4.72. The van der Waals surface area contributed by atoms with Crippen LogP contribution < -0.4 is 11.1 Å². The van der Waals surface area contributed by atoms with Crippen molar-refractivity contribution in [3.8, 4) is 0 Å². The van der Waals surface area contributed by atoms with Gasteiger partial charge in [-0.05, 0) is 26.0 Å². The number of aliphatic imine (C=N–C) groups is 1. The fraction of sp³-hybridized carbons (Fsp3) is 0.300. The van der Waals surface area contributed by atoms with Gasteiger partial charge in [0.05, 0.1) is 5.69 Å². The zero-order chi connectivity index (χ0) is 11.4. The number of guanidine groups is 1. The normalized spacial score (nSPS) is 11.9. The molecule has 0 spiro atoms. The van der Waals surface area contributed by atoms with Crippen LogP contribution in [0.3, 0.4) is 0 Å². The molecule has 0 aliphatic heterocycles. The van der Waals surface area contributed by atoms with E-state index < -0.39 is 11.6 Å². The molecule has 15 heavy (non-hydrogen) atoms. The highest BCUT2D eigenvalue weighted by Crippen LogP contribution is 2.14. The Morgan fingerprint density at radius 3 is 2.67 bits per heavy atom. The van der Waals surface area contributed by atoms with E-state index in [2.05, 4.69) is 10.3 Å². The van der Waals surface area contributed by atoms with Gasteiger partial charge in [-0.15, -0.1) is 0 Å². The van der Waals surface area contributed by atoms with Crippen LogP contribution >= 0.6 is 0 Å². The van der Waals surface area contributed by atoms with Gasteiger partial charge in [0.15, 0.2) is 5.96 Å². The number of hydrogen-bond donors (Lipinski definition) is 2. The topological polar surface area (TPSA) is 50.4 Å². The maximum atomic E-state index is 13.1. The monoisotopic (exact) mass is 213 g/mol. The zero-order valence-corrected chi connectivity index (χ0v) is 8.59. The van der Waals surface area contributed by atoms with Crippen molar-refractivity contribution in [2.75, 3.05) is 5.32 Å². The first-order valence-electron chi connectivity index (χ1n) is 4.54. The van der Waals surface area contributed by atoms with Crippen LogP contribution in [0.1, 0.15) is 13.8 Å². The molecule has 0 amide bonds. The predicted octanol–water partition coefficient (Wildman–Crippen LogP) is 2.10. The lowest BCUT2D eigenvalue weighted by molar-refractivity contribution is 0.604. The molecular formula is C10H13F2N3. The maximum absolute atomic E-state index is 13.1. The average Bonchev–Trinajstić information content (AvgIpc) is 2.10. The number of halogens is 2. The van der Waals surface area contributed by atoms with Gasteiger partial charge in [0.25, 0.3) is 0 Å². The van der Waals surface area contributed by atoms with Crippen molar-refractivity contribution >= 4 is 11.6 Å². The van der Waals surface area contributed by atoms with Crippen LogP contribution in [-0.2, 0) is 0 Å². The molecule has 0 radical (unpaired) electrons. The van der Waals surface area contributed by atoms with Crippen LogP contribution in [-0.4, -0.2) is 12.0 Å². The van der Waals surface area contributed by atoms with Gasteiger partial charge in [-0.2, -0.15) is 0 Å². The Hall–Kier alpha value is -1.65. The van der Waals surface area contributed by atoms with Crippen LogP contribution in [0.4, 0.5) is 14.5 Å². The number of nitrogens with zero attached hydrogens (tertiary/aromatic N) is 1. The maximum Gasteiger partial charge on any atom is 0.193 e. The summed E-state index contributed by atoms with van der Waals surface area (Å²) in [6, 6.07) is 3.09. The third-order valence-corrected chi connectivity index (χ3v) is 1.59. The Kier molecular flexibility index (Phi) is 3.60. The van der Waals surface area contributed by atoms with E-state index in [1.54, 1.807) is 0 Å². The first-order chi connectivity index (χ1) is 6.99. The second-order valence-corrected chi connectivity index (χ2v) is 3.36. The SMILES string of the molecule is CC(C)N=C(N)Nc1cc(F)ccc1F. The number of benzene rings is 1. The number of rotatable bonds is 2. The van der Waals surface area contributed by atoms with E-state index in [0.717, 1.165) is 18.2 Å². The minimum atomic E-state index is -0.571. The number of hydrogen-bond acceptors (Lipinski definition) is 1. The van der Waals surface area contributed by atoms with Crippen LogP contribution in [0.5, 0.6) is 0 Å². The van der Waals surface area contributed by atoms with Crippen molar-refractivity contribution in [2.24, 2.45) is 10.7 Å². The molecule has 0 fully saturated rings. The molecule has 1 aromatic rings. The summed E-state index contributed by atoms with van der Waals surface area (Å²) in [5, 5.41) is 2.50. The van der Waals surface area contributed by atoms with Crippen molar-refractivity contribution in [2.45, 2.75) is 19.9 Å². The van der Waals surface area contributed by atoms with Crippen molar-refractivity contribution in [3.63, 3.8) is 0 Å². The fourth-order valence-corrected chi connectivity index (χ4v) is 1.04. The summed E-state index contributed by atoms with van der Waals surface area (Å²) in [4.78, 5) is 3.94. The highest BCUT2D eigenvalue weighted by Gasteiger charge is 2.04. The van der Waals surface area contributed by atoms with E-state index in [4.69, 9.17) is 5.73 Å². The Morgan fingerprint density at radius 1 is 1.40 bits per heavy atom. The van der Waals surface area contributed by atoms with E-state index in [9.17, 15) is 8.78 Å².